The Hall–Kier alpha value is -2.57. The fourth-order valence-corrected chi connectivity index (χ4v) is 1.37. The van der Waals surface area contributed by atoms with Crippen LogP contribution in [-0.4, -0.2) is 34.2 Å². The van der Waals surface area contributed by atoms with Gasteiger partial charge in [-0.2, -0.15) is 0 Å². The largest absolute Gasteiger partial charge is 0.481 e. The van der Waals surface area contributed by atoms with E-state index in [0.717, 1.165) is 0 Å². The van der Waals surface area contributed by atoms with E-state index in [0.29, 0.717) is 5.69 Å². The Labute approximate surface area is 109 Å². The van der Waals surface area contributed by atoms with Crippen LogP contribution in [0.4, 0.5) is 10.5 Å². The standard InChI is InChI=1S/C12H14N2O5/c15-10(16)7-6-9(11(17)18)14-12(19)13-8-4-2-1-3-5-8/h1-5,9H,6-7H2,(H,15,16)(H,17,18)(H2,13,14,19)/t9-/m0/s1. The van der Waals surface area contributed by atoms with Gasteiger partial charge in [0, 0.05) is 12.1 Å². The summed E-state index contributed by atoms with van der Waals surface area (Å²) in [6.07, 6.45) is -0.505. The Morgan fingerprint density at radius 3 is 2.26 bits per heavy atom. The summed E-state index contributed by atoms with van der Waals surface area (Å²) in [4.78, 5) is 32.8. The Morgan fingerprint density at radius 1 is 1.11 bits per heavy atom. The zero-order chi connectivity index (χ0) is 14.3. The predicted octanol–water partition coefficient (Wildman–Crippen LogP) is 1.13. The molecule has 0 radical (unpaired) electrons. The van der Waals surface area contributed by atoms with Crippen LogP contribution in [0.5, 0.6) is 0 Å². The number of carbonyl (C=O) groups excluding carboxylic acids is 1. The number of urea groups is 1. The minimum absolute atomic E-state index is 0.174. The van der Waals surface area contributed by atoms with Gasteiger partial charge in [-0.15, -0.1) is 0 Å². The minimum Gasteiger partial charge on any atom is -0.481 e. The monoisotopic (exact) mass is 266 g/mol. The van der Waals surface area contributed by atoms with Crippen LogP contribution in [0.3, 0.4) is 0 Å². The third-order valence-corrected chi connectivity index (χ3v) is 2.28. The maximum absolute atomic E-state index is 11.5. The third kappa shape index (κ3) is 5.53. The van der Waals surface area contributed by atoms with E-state index in [2.05, 4.69) is 10.6 Å². The van der Waals surface area contributed by atoms with E-state index < -0.39 is 24.0 Å². The molecule has 1 aromatic carbocycles. The SMILES string of the molecule is O=C(O)CC[C@H](NC(=O)Nc1ccccc1)C(=O)O. The van der Waals surface area contributed by atoms with Crippen LogP contribution in [0.15, 0.2) is 30.3 Å². The van der Waals surface area contributed by atoms with Crippen LogP contribution in [0.25, 0.3) is 0 Å². The number of carbonyl (C=O) groups is 3. The number of nitrogens with one attached hydrogen (secondary N) is 2. The first-order valence-electron chi connectivity index (χ1n) is 5.56. The smallest absolute Gasteiger partial charge is 0.326 e. The van der Waals surface area contributed by atoms with Gasteiger partial charge in [0.05, 0.1) is 0 Å². The summed E-state index contributed by atoms with van der Waals surface area (Å²) in [6.45, 7) is 0. The van der Waals surface area contributed by atoms with Crippen LogP contribution in [0, 0.1) is 0 Å². The highest BCUT2D eigenvalue weighted by molar-refractivity contribution is 5.92. The van der Waals surface area contributed by atoms with E-state index in [1.807, 2.05) is 0 Å². The van der Waals surface area contributed by atoms with E-state index in [9.17, 15) is 14.4 Å². The van der Waals surface area contributed by atoms with Crippen molar-refractivity contribution in [3.8, 4) is 0 Å². The highest BCUT2D eigenvalue weighted by Crippen LogP contribution is 2.05. The molecule has 0 spiro atoms. The Morgan fingerprint density at radius 2 is 1.74 bits per heavy atom. The molecule has 0 aliphatic heterocycles. The number of carboxylic acids is 2. The van der Waals surface area contributed by atoms with Gasteiger partial charge < -0.3 is 20.8 Å². The second kappa shape index (κ2) is 7.00. The average Bonchev–Trinajstić information content (AvgIpc) is 2.35. The first kappa shape index (κ1) is 14.5. The molecule has 0 aliphatic carbocycles. The van der Waals surface area contributed by atoms with Crippen molar-refractivity contribution in [2.24, 2.45) is 0 Å². The lowest BCUT2D eigenvalue weighted by Crippen LogP contribution is -2.43. The van der Waals surface area contributed by atoms with E-state index >= 15 is 0 Å². The number of aliphatic carboxylic acids is 2. The molecule has 19 heavy (non-hydrogen) atoms. The van der Waals surface area contributed by atoms with Gasteiger partial charge in [-0.3, -0.25) is 4.79 Å². The fourth-order valence-electron chi connectivity index (χ4n) is 1.37. The molecule has 2 amide bonds. The van der Waals surface area contributed by atoms with E-state index in [1.165, 1.54) is 0 Å². The van der Waals surface area contributed by atoms with Gasteiger partial charge >= 0.3 is 18.0 Å². The molecule has 7 nitrogen and oxygen atoms in total. The molecule has 102 valence electrons. The zero-order valence-corrected chi connectivity index (χ0v) is 10.00. The number of hydrogen-bond donors (Lipinski definition) is 4. The van der Waals surface area contributed by atoms with Crippen LogP contribution in [0.2, 0.25) is 0 Å². The molecule has 0 aromatic heterocycles. The first-order chi connectivity index (χ1) is 8.99. The molecule has 0 unspecified atom stereocenters. The van der Waals surface area contributed by atoms with Gasteiger partial charge in [-0.1, -0.05) is 18.2 Å². The molecule has 1 aromatic rings. The molecule has 4 N–H and O–H groups in total. The number of rotatable bonds is 6. The summed E-state index contributed by atoms with van der Waals surface area (Å²) >= 11 is 0. The van der Waals surface area contributed by atoms with Crippen molar-refractivity contribution in [2.75, 3.05) is 5.32 Å². The minimum atomic E-state index is -1.27. The number of anilines is 1. The molecule has 1 rings (SSSR count). The topological polar surface area (TPSA) is 116 Å². The van der Waals surface area contributed by atoms with Crippen molar-refractivity contribution in [2.45, 2.75) is 18.9 Å². The molecule has 7 heteroatoms. The summed E-state index contributed by atoms with van der Waals surface area (Å²) in [7, 11) is 0. The molecule has 1 atom stereocenters. The maximum atomic E-state index is 11.5. The fraction of sp³-hybridized carbons (Fsp3) is 0.250. The lowest BCUT2D eigenvalue weighted by molar-refractivity contribution is -0.140. The van der Waals surface area contributed by atoms with Crippen molar-refractivity contribution in [1.29, 1.82) is 0 Å². The second-order valence-corrected chi connectivity index (χ2v) is 3.79. The quantitative estimate of drug-likeness (QED) is 0.616. The highest BCUT2D eigenvalue weighted by atomic mass is 16.4. The summed E-state index contributed by atoms with van der Waals surface area (Å²) in [5, 5.41) is 22.0. The van der Waals surface area contributed by atoms with Gasteiger partial charge in [-0.25, -0.2) is 9.59 Å². The average molecular weight is 266 g/mol. The van der Waals surface area contributed by atoms with Crippen LogP contribution in [-0.2, 0) is 9.59 Å². The summed E-state index contributed by atoms with van der Waals surface area (Å²) in [6, 6.07) is 6.57. The maximum Gasteiger partial charge on any atom is 0.326 e. The number of benzene rings is 1. The van der Waals surface area contributed by atoms with Crippen molar-refractivity contribution in [3.05, 3.63) is 30.3 Å². The van der Waals surface area contributed by atoms with Gasteiger partial charge in [0.1, 0.15) is 6.04 Å². The number of hydrogen-bond acceptors (Lipinski definition) is 3. The van der Waals surface area contributed by atoms with Crippen LogP contribution in [0.1, 0.15) is 12.8 Å². The summed E-state index contributed by atoms with van der Waals surface area (Å²) in [5.74, 6) is -2.39. The summed E-state index contributed by atoms with van der Waals surface area (Å²) < 4.78 is 0. The van der Waals surface area contributed by atoms with Crippen molar-refractivity contribution < 1.29 is 24.6 Å². The molecular formula is C12H14N2O5. The molecule has 0 heterocycles. The lowest BCUT2D eigenvalue weighted by atomic mass is 10.1. The number of para-hydroxylation sites is 1. The Kier molecular flexibility index (Phi) is 5.34. The van der Waals surface area contributed by atoms with Crippen LogP contribution >= 0.6 is 0 Å². The summed E-state index contributed by atoms with van der Waals surface area (Å²) in [5.41, 5.74) is 0.516. The second-order valence-electron chi connectivity index (χ2n) is 3.79. The van der Waals surface area contributed by atoms with Crippen molar-refractivity contribution >= 4 is 23.7 Å². The Balaban J connectivity index is 2.52. The highest BCUT2D eigenvalue weighted by Gasteiger charge is 2.20. The van der Waals surface area contributed by atoms with E-state index in [-0.39, 0.29) is 12.8 Å². The van der Waals surface area contributed by atoms with Crippen molar-refractivity contribution in [3.63, 3.8) is 0 Å². The molecule has 0 fully saturated rings. The van der Waals surface area contributed by atoms with Crippen molar-refractivity contribution in [1.82, 2.24) is 5.32 Å². The predicted molar refractivity (Wildman–Crippen MR) is 66.9 cm³/mol. The van der Waals surface area contributed by atoms with Gasteiger partial charge in [-0.05, 0) is 18.6 Å². The third-order valence-electron chi connectivity index (χ3n) is 2.28. The molecule has 0 bridgehead atoms. The van der Waals surface area contributed by atoms with E-state index in [1.54, 1.807) is 30.3 Å². The lowest BCUT2D eigenvalue weighted by Gasteiger charge is -2.14. The molecule has 0 saturated heterocycles. The molecule has 0 saturated carbocycles. The molecule has 0 aliphatic rings. The van der Waals surface area contributed by atoms with Gasteiger partial charge in [0.25, 0.3) is 0 Å². The van der Waals surface area contributed by atoms with Crippen LogP contribution < -0.4 is 10.6 Å². The van der Waals surface area contributed by atoms with E-state index in [4.69, 9.17) is 10.2 Å². The van der Waals surface area contributed by atoms with Gasteiger partial charge in [0.15, 0.2) is 0 Å². The Bertz CT molecular complexity index is 460. The zero-order valence-electron chi connectivity index (χ0n) is 10.00. The normalized spacial score (nSPS) is 11.4. The molecular weight excluding hydrogens is 252 g/mol. The van der Waals surface area contributed by atoms with Gasteiger partial charge in [0.2, 0.25) is 0 Å². The number of amides is 2. The number of carboxylic acid groups (broad SMARTS) is 2. The first-order valence-corrected chi connectivity index (χ1v) is 5.56.